The highest BCUT2D eigenvalue weighted by molar-refractivity contribution is 7.17. The molecule has 0 unspecified atom stereocenters. The summed E-state index contributed by atoms with van der Waals surface area (Å²) in [6.45, 7) is 5.35. The average Bonchev–Trinajstić information content (AvgIpc) is 3.24. The first-order valence-electron chi connectivity index (χ1n) is 11.9. The number of hydrogen-bond donors (Lipinski definition) is 2. The number of carbonyl (C=O) groups excluding carboxylic acids is 3. The van der Waals surface area contributed by atoms with Crippen LogP contribution in [0.4, 0.5) is 5.69 Å². The van der Waals surface area contributed by atoms with Crippen LogP contribution in [-0.4, -0.2) is 62.5 Å². The van der Waals surface area contributed by atoms with Crippen molar-refractivity contribution >= 4 is 34.7 Å². The van der Waals surface area contributed by atoms with Crippen LogP contribution in [0.5, 0.6) is 5.75 Å². The van der Waals surface area contributed by atoms with Gasteiger partial charge in [0.25, 0.3) is 11.8 Å². The molecule has 1 fully saturated rings. The molecule has 0 atom stereocenters. The maximum absolute atomic E-state index is 13.5. The van der Waals surface area contributed by atoms with Gasteiger partial charge in [0.1, 0.15) is 5.75 Å². The van der Waals surface area contributed by atoms with Gasteiger partial charge in [-0.15, -0.1) is 11.3 Å². The van der Waals surface area contributed by atoms with Crippen molar-refractivity contribution < 1.29 is 19.1 Å². The first-order valence-corrected chi connectivity index (χ1v) is 12.7. The quantitative estimate of drug-likeness (QED) is 0.568. The number of carbonyl (C=O) groups is 3. The van der Waals surface area contributed by atoms with Crippen LogP contribution in [-0.2, 0) is 6.42 Å². The number of amides is 3. The van der Waals surface area contributed by atoms with E-state index in [-0.39, 0.29) is 11.8 Å². The summed E-state index contributed by atoms with van der Waals surface area (Å²) in [6, 6.07) is 12.6. The molecule has 0 bridgehead atoms. The summed E-state index contributed by atoms with van der Waals surface area (Å²) in [5.74, 6) is -0.0125. The number of anilines is 1. The van der Waals surface area contributed by atoms with Gasteiger partial charge in [0, 0.05) is 66.9 Å². The monoisotopic (exact) mass is 504 g/mol. The predicted molar refractivity (Wildman–Crippen MR) is 140 cm³/mol. The smallest absolute Gasteiger partial charge is 0.268 e. The minimum Gasteiger partial charge on any atom is -0.493 e. The van der Waals surface area contributed by atoms with E-state index in [0.717, 1.165) is 40.3 Å². The standard InChI is InChI=1S/C27H28N4O4S/c1-16-13-19(26(33)31-10-8-29-9-11-31)4-6-21(16)30(2)27(34)23-15-17-7-12-35-22-14-18(25(28)32)3-5-20(22)24(17)36-23/h3-6,13-15,29H,7-12H2,1-2H3,(H2,28,32). The van der Waals surface area contributed by atoms with Gasteiger partial charge in [-0.1, -0.05) is 0 Å². The fourth-order valence-corrected chi connectivity index (χ4v) is 5.91. The largest absolute Gasteiger partial charge is 0.493 e. The molecule has 1 aromatic heterocycles. The first-order chi connectivity index (χ1) is 17.3. The van der Waals surface area contributed by atoms with Crippen LogP contribution in [0.2, 0.25) is 0 Å². The van der Waals surface area contributed by atoms with Gasteiger partial charge >= 0.3 is 0 Å². The Balaban J connectivity index is 1.40. The molecular formula is C27H28N4O4S. The summed E-state index contributed by atoms with van der Waals surface area (Å²) >= 11 is 1.42. The number of nitrogens with two attached hydrogens (primary N) is 1. The Morgan fingerprint density at radius 1 is 1.06 bits per heavy atom. The second kappa shape index (κ2) is 9.75. The normalized spacial score (nSPS) is 14.8. The lowest BCUT2D eigenvalue weighted by Gasteiger charge is -2.28. The molecule has 0 saturated carbocycles. The molecule has 2 aromatic carbocycles. The lowest BCUT2D eigenvalue weighted by atomic mass is 10.0. The highest BCUT2D eigenvalue weighted by atomic mass is 32.1. The van der Waals surface area contributed by atoms with Crippen LogP contribution < -0.4 is 20.7 Å². The van der Waals surface area contributed by atoms with Crippen molar-refractivity contribution in [2.75, 3.05) is 44.7 Å². The third kappa shape index (κ3) is 4.47. The molecule has 3 N–H and O–H groups in total. The minimum absolute atomic E-state index is 0.0162. The molecule has 9 heteroatoms. The predicted octanol–water partition coefficient (Wildman–Crippen LogP) is 3.08. The summed E-state index contributed by atoms with van der Waals surface area (Å²) in [6.07, 6.45) is 0.658. The topological polar surface area (TPSA) is 105 Å². The Labute approximate surface area is 213 Å². The van der Waals surface area contributed by atoms with E-state index in [0.29, 0.717) is 47.9 Å². The highest BCUT2D eigenvalue weighted by Crippen LogP contribution is 2.41. The van der Waals surface area contributed by atoms with Gasteiger partial charge in [-0.05, 0) is 60.5 Å². The molecule has 5 rings (SSSR count). The van der Waals surface area contributed by atoms with E-state index in [4.69, 9.17) is 10.5 Å². The Morgan fingerprint density at radius 3 is 2.53 bits per heavy atom. The molecular weight excluding hydrogens is 476 g/mol. The molecule has 0 spiro atoms. The zero-order valence-corrected chi connectivity index (χ0v) is 21.1. The number of piperazine rings is 1. The lowest BCUT2D eigenvalue weighted by molar-refractivity contribution is 0.0735. The molecule has 186 valence electrons. The van der Waals surface area contributed by atoms with E-state index in [2.05, 4.69) is 5.32 Å². The van der Waals surface area contributed by atoms with E-state index < -0.39 is 5.91 Å². The molecule has 0 radical (unpaired) electrons. The van der Waals surface area contributed by atoms with Crippen molar-refractivity contribution in [3.63, 3.8) is 0 Å². The molecule has 1 saturated heterocycles. The van der Waals surface area contributed by atoms with Gasteiger partial charge in [0.15, 0.2) is 0 Å². The molecule has 3 aromatic rings. The Morgan fingerprint density at radius 2 is 1.81 bits per heavy atom. The number of aryl methyl sites for hydroxylation is 1. The van der Waals surface area contributed by atoms with Crippen molar-refractivity contribution in [2.24, 2.45) is 5.73 Å². The summed E-state index contributed by atoms with van der Waals surface area (Å²) < 4.78 is 5.86. The fraction of sp³-hybridized carbons (Fsp3) is 0.296. The zero-order chi connectivity index (χ0) is 25.4. The SMILES string of the molecule is Cc1cc(C(=O)N2CCNCC2)ccc1N(C)C(=O)c1cc2c(s1)-c1ccc(C(N)=O)cc1OCC2. The van der Waals surface area contributed by atoms with E-state index >= 15 is 0 Å². The van der Waals surface area contributed by atoms with Crippen molar-refractivity contribution in [1.82, 2.24) is 10.2 Å². The number of thiophene rings is 1. The van der Waals surface area contributed by atoms with E-state index in [9.17, 15) is 14.4 Å². The van der Waals surface area contributed by atoms with Gasteiger partial charge < -0.3 is 25.6 Å². The first kappa shape index (κ1) is 24.0. The summed E-state index contributed by atoms with van der Waals surface area (Å²) in [7, 11) is 1.75. The van der Waals surface area contributed by atoms with Crippen LogP contribution in [0.1, 0.15) is 41.5 Å². The Hall–Kier alpha value is -3.69. The number of fused-ring (bicyclic) bond motifs is 3. The van der Waals surface area contributed by atoms with Gasteiger partial charge in [0.2, 0.25) is 5.91 Å². The van der Waals surface area contributed by atoms with Gasteiger partial charge in [-0.25, -0.2) is 0 Å². The molecule has 3 heterocycles. The molecule has 0 aliphatic carbocycles. The lowest BCUT2D eigenvalue weighted by Crippen LogP contribution is -2.46. The van der Waals surface area contributed by atoms with E-state index in [1.807, 2.05) is 36.1 Å². The van der Waals surface area contributed by atoms with Crippen LogP contribution in [0.3, 0.4) is 0 Å². The molecule has 3 amide bonds. The average molecular weight is 505 g/mol. The molecule has 36 heavy (non-hydrogen) atoms. The number of nitrogens with zero attached hydrogens (tertiary/aromatic N) is 2. The number of benzene rings is 2. The molecule has 2 aliphatic heterocycles. The van der Waals surface area contributed by atoms with Crippen LogP contribution in [0.25, 0.3) is 10.4 Å². The molecule has 2 aliphatic rings. The second-order valence-corrected chi connectivity index (χ2v) is 10.1. The van der Waals surface area contributed by atoms with Crippen molar-refractivity contribution in [1.29, 1.82) is 0 Å². The summed E-state index contributed by atoms with van der Waals surface area (Å²) in [5, 5.41) is 3.26. The number of primary amides is 1. The highest BCUT2D eigenvalue weighted by Gasteiger charge is 2.25. The van der Waals surface area contributed by atoms with Gasteiger partial charge in [-0.2, -0.15) is 0 Å². The van der Waals surface area contributed by atoms with Crippen LogP contribution >= 0.6 is 11.3 Å². The van der Waals surface area contributed by atoms with E-state index in [1.165, 1.54) is 11.3 Å². The van der Waals surface area contributed by atoms with E-state index in [1.54, 1.807) is 30.1 Å². The summed E-state index contributed by atoms with van der Waals surface area (Å²) in [5.41, 5.74) is 9.96. The number of nitrogens with one attached hydrogen (secondary N) is 1. The number of rotatable bonds is 4. The van der Waals surface area contributed by atoms with Crippen LogP contribution in [0, 0.1) is 6.92 Å². The maximum Gasteiger partial charge on any atom is 0.268 e. The second-order valence-electron chi connectivity index (χ2n) is 9.05. The Kier molecular flexibility index (Phi) is 6.51. The fourth-order valence-electron chi connectivity index (χ4n) is 4.69. The van der Waals surface area contributed by atoms with Crippen LogP contribution in [0.15, 0.2) is 42.5 Å². The Bertz CT molecular complexity index is 1360. The van der Waals surface area contributed by atoms with Gasteiger partial charge in [0.05, 0.1) is 11.5 Å². The zero-order valence-electron chi connectivity index (χ0n) is 20.3. The summed E-state index contributed by atoms with van der Waals surface area (Å²) in [4.78, 5) is 43.0. The maximum atomic E-state index is 13.5. The number of ether oxygens (including phenoxy) is 1. The third-order valence-corrected chi connectivity index (χ3v) is 7.87. The molecule has 8 nitrogen and oxygen atoms in total. The third-order valence-electron chi connectivity index (χ3n) is 6.67. The number of hydrogen-bond acceptors (Lipinski definition) is 6. The van der Waals surface area contributed by atoms with Gasteiger partial charge in [-0.3, -0.25) is 14.4 Å². The van der Waals surface area contributed by atoms with Crippen molar-refractivity contribution in [3.8, 4) is 16.2 Å². The van der Waals surface area contributed by atoms with Crippen molar-refractivity contribution in [3.05, 3.63) is 69.6 Å². The van der Waals surface area contributed by atoms with Crippen molar-refractivity contribution in [2.45, 2.75) is 13.3 Å². The minimum atomic E-state index is -0.509.